The van der Waals surface area contributed by atoms with Gasteiger partial charge in [-0.15, -0.1) is 0 Å². The highest BCUT2D eigenvalue weighted by Crippen LogP contribution is 2.39. The van der Waals surface area contributed by atoms with E-state index < -0.39 is 18.1 Å². The summed E-state index contributed by atoms with van der Waals surface area (Å²) in [6.07, 6.45) is 3.30. The van der Waals surface area contributed by atoms with E-state index in [2.05, 4.69) is 5.32 Å². The zero-order valence-corrected chi connectivity index (χ0v) is 18.9. The fraction of sp³-hybridized carbons (Fsp3) is 0.308. The van der Waals surface area contributed by atoms with Crippen molar-refractivity contribution in [2.75, 3.05) is 24.3 Å². The van der Waals surface area contributed by atoms with Crippen molar-refractivity contribution in [2.24, 2.45) is 5.92 Å². The van der Waals surface area contributed by atoms with Crippen LogP contribution in [0.2, 0.25) is 0 Å². The number of fused-ring (bicyclic) bond motifs is 1. The fourth-order valence-electron chi connectivity index (χ4n) is 4.24. The molecule has 1 aromatic heterocycles. The van der Waals surface area contributed by atoms with E-state index in [1.807, 2.05) is 6.92 Å². The number of hydrogen-bond donors (Lipinski definition) is 3. The zero-order chi connectivity index (χ0) is 24.1. The minimum Gasteiger partial charge on any atom is -0.464 e. The summed E-state index contributed by atoms with van der Waals surface area (Å²) in [5.41, 5.74) is 7.54. The summed E-state index contributed by atoms with van der Waals surface area (Å²) >= 11 is 0. The van der Waals surface area contributed by atoms with Gasteiger partial charge in [0.25, 0.3) is 5.91 Å². The highest BCUT2D eigenvalue weighted by Gasteiger charge is 2.39. The molecule has 0 saturated carbocycles. The summed E-state index contributed by atoms with van der Waals surface area (Å²) < 4.78 is 17.6. The maximum Gasteiger partial charge on any atom is 0.290 e. The molecule has 0 spiro atoms. The summed E-state index contributed by atoms with van der Waals surface area (Å²) in [5.74, 6) is -1.31. The first-order valence-electron chi connectivity index (χ1n) is 11.3. The topological polar surface area (TPSA) is 124 Å². The summed E-state index contributed by atoms with van der Waals surface area (Å²) in [7, 11) is 0. The van der Waals surface area contributed by atoms with E-state index in [0.717, 1.165) is 0 Å². The van der Waals surface area contributed by atoms with Crippen molar-refractivity contribution in [2.45, 2.75) is 32.0 Å². The van der Waals surface area contributed by atoms with E-state index in [1.54, 1.807) is 54.6 Å². The van der Waals surface area contributed by atoms with Crippen molar-refractivity contribution in [1.82, 2.24) is 0 Å². The number of benzene rings is 2. The molecule has 0 radical (unpaired) electrons. The van der Waals surface area contributed by atoms with Crippen LogP contribution in [0.4, 0.5) is 11.4 Å². The molecule has 3 aromatic rings. The number of anilines is 2. The Hall–Kier alpha value is -3.62. The molecule has 0 aliphatic carbocycles. The summed E-state index contributed by atoms with van der Waals surface area (Å²) in [5, 5.41) is 12.7. The Labute approximate surface area is 197 Å². The standard InChI is InChI=1S/C26H28N2O6/c1-2-32-26-16(9-7-13-29)18(19-15-33-22-12-6-3-8-17(22)24(19)30)14-23(34-26)25(31)28-21-11-5-4-10-20(21)27/h3-6,8,10-12,14-16,18,26,29H,2,7,9,13,27H2,1H3,(H,28,31)/t16-,18+,26-/m1/s1. The first-order chi connectivity index (χ1) is 16.5. The van der Waals surface area contributed by atoms with Gasteiger partial charge >= 0.3 is 0 Å². The number of aliphatic hydroxyl groups is 1. The van der Waals surface area contributed by atoms with Gasteiger partial charge in [-0.25, -0.2) is 0 Å². The number of aliphatic hydroxyl groups excluding tert-OH is 1. The maximum atomic E-state index is 13.4. The lowest BCUT2D eigenvalue weighted by molar-refractivity contribution is -0.165. The molecule has 0 bridgehead atoms. The molecule has 4 N–H and O–H groups in total. The van der Waals surface area contributed by atoms with Crippen LogP contribution in [-0.4, -0.2) is 30.5 Å². The molecule has 0 unspecified atom stereocenters. The van der Waals surface area contributed by atoms with Crippen LogP contribution in [0.15, 0.2) is 75.8 Å². The Morgan fingerprint density at radius 1 is 1.18 bits per heavy atom. The third kappa shape index (κ3) is 4.83. The number of ether oxygens (including phenoxy) is 2. The van der Waals surface area contributed by atoms with Crippen LogP contribution in [0.5, 0.6) is 0 Å². The highest BCUT2D eigenvalue weighted by atomic mass is 16.7. The van der Waals surface area contributed by atoms with Gasteiger partial charge in [-0.2, -0.15) is 0 Å². The van der Waals surface area contributed by atoms with Crippen LogP contribution >= 0.6 is 0 Å². The van der Waals surface area contributed by atoms with E-state index in [9.17, 15) is 14.7 Å². The Balaban J connectivity index is 1.77. The number of nitrogens with two attached hydrogens (primary N) is 1. The molecule has 1 aliphatic rings. The SMILES string of the molecule is CCO[C@@H]1OC(C(=O)Nc2ccccc2N)=C[C@H](c2coc3ccccc3c2=O)[C@H]1CCCO. The number of carbonyl (C=O) groups is 1. The van der Waals surface area contributed by atoms with Crippen molar-refractivity contribution in [3.8, 4) is 0 Å². The predicted octanol–water partition coefficient (Wildman–Crippen LogP) is 3.76. The van der Waals surface area contributed by atoms with Crippen LogP contribution in [0.25, 0.3) is 11.0 Å². The number of nitrogen functional groups attached to an aromatic ring is 1. The minimum atomic E-state index is -0.786. The highest BCUT2D eigenvalue weighted by molar-refractivity contribution is 6.04. The Morgan fingerprint density at radius 2 is 1.94 bits per heavy atom. The molecule has 3 atom stereocenters. The van der Waals surface area contributed by atoms with Gasteiger partial charge < -0.3 is 30.0 Å². The maximum absolute atomic E-state index is 13.4. The summed E-state index contributed by atoms with van der Waals surface area (Å²) in [4.78, 5) is 26.5. The third-order valence-electron chi connectivity index (χ3n) is 5.91. The van der Waals surface area contributed by atoms with E-state index in [-0.39, 0.29) is 23.7 Å². The quantitative estimate of drug-likeness (QED) is 0.434. The molecule has 8 nitrogen and oxygen atoms in total. The van der Waals surface area contributed by atoms with Crippen molar-refractivity contribution >= 4 is 28.3 Å². The average Bonchev–Trinajstić information content (AvgIpc) is 2.85. The second kappa shape index (κ2) is 10.5. The lowest BCUT2D eigenvalue weighted by atomic mass is 9.81. The first kappa shape index (κ1) is 23.5. The monoisotopic (exact) mass is 464 g/mol. The van der Waals surface area contributed by atoms with Gasteiger partial charge in [0.15, 0.2) is 11.2 Å². The molecule has 178 valence electrons. The molecule has 4 rings (SSSR count). The van der Waals surface area contributed by atoms with E-state index in [1.165, 1.54) is 6.26 Å². The lowest BCUT2D eigenvalue weighted by Gasteiger charge is -2.36. The van der Waals surface area contributed by atoms with Gasteiger partial charge in [0.1, 0.15) is 5.58 Å². The Morgan fingerprint density at radius 3 is 2.71 bits per heavy atom. The molecular formula is C26H28N2O6. The summed E-state index contributed by atoms with van der Waals surface area (Å²) in [6, 6.07) is 13.9. The second-order valence-electron chi connectivity index (χ2n) is 8.09. The van der Waals surface area contributed by atoms with Crippen molar-refractivity contribution in [1.29, 1.82) is 0 Å². The zero-order valence-electron chi connectivity index (χ0n) is 18.9. The molecular weight excluding hydrogens is 436 g/mol. The second-order valence-corrected chi connectivity index (χ2v) is 8.09. The lowest BCUT2D eigenvalue weighted by Crippen LogP contribution is -2.38. The number of hydrogen-bond acceptors (Lipinski definition) is 7. The van der Waals surface area contributed by atoms with Crippen LogP contribution in [0.1, 0.15) is 31.2 Å². The van der Waals surface area contributed by atoms with Gasteiger partial charge in [-0.3, -0.25) is 9.59 Å². The van der Waals surface area contributed by atoms with Crippen LogP contribution in [0.3, 0.4) is 0 Å². The first-order valence-corrected chi connectivity index (χ1v) is 11.3. The number of amides is 1. The van der Waals surface area contributed by atoms with E-state index in [0.29, 0.717) is 47.4 Å². The number of para-hydroxylation sites is 3. The number of allylic oxidation sites excluding steroid dienone is 1. The van der Waals surface area contributed by atoms with Crippen molar-refractivity contribution < 1.29 is 23.8 Å². The number of carbonyl (C=O) groups excluding carboxylic acids is 1. The van der Waals surface area contributed by atoms with Gasteiger partial charge in [0.2, 0.25) is 6.29 Å². The third-order valence-corrected chi connectivity index (χ3v) is 5.91. The van der Waals surface area contributed by atoms with Crippen LogP contribution in [0, 0.1) is 5.92 Å². The van der Waals surface area contributed by atoms with E-state index in [4.69, 9.17) is 19.6 Å². The van der Waals surface area contributed by atoms with Gasteiger partial charge in [-0.1, -0.05) is 24.3 Å². The Kier molecular flexibility index (Phi) is 7.30. The largest absolute Gasteiger partial charge is 0.464 e. The number of nitrogens with one attached hydrogen (secondary N) is 1. The molecule has 0 fully saturated rings. The average molecular weight is 465 g/mol. The van der Waals surface area contributed by atoms with Crippen LogP contribution < -0.4 is 16.5 Å². The van der Waals surface area contributed by atoms with Gasteiger partial charge in [0, 0.05) is 30.6 Å². The summed E-state index contributed by atoms with van der Waals surface area (Å²) in [6.45, 7) is 2.16. The predicted molar refractivity (Wildman–Crippen MR) is 129 cm³/mol. The van der Waals surface area contributed by atoms with Gasteiger partial charge in [0.05, 0.1) is 23.0 Å². The van der Waals surface area contributed by atoms with E-state index >= 15 is 0 Å². The molecule has 34 heavy (non-hydrogen) atoms. The van der Waals surface area contributed by atoms with Crippen molar-refractivity contribution in [3.05, 3.63) is 82.4 Å². The fourth-order valence-corrected chi connectivity index (χ4v) is 4.24. The molecule has 0 saturated heterocycles. The normalized spacial score (nSPS) is 19.9. The molecule has 8 heteroatoms. The minimum absolute atomic E-state index is 0.0151. The number of rotatable bonds is 8. The molecule has 2 aromatic carbocycles. The Bertz CT molecular complexity index is 1250. The smallest absolute Gasteiger partial charge is 0.290 e. The van der Waals surface area contributed by atoms with Gasteiger partial charge in [-0.05, 0) is 50.1 Å². The molecule has 1 amide bonds. The van der Waals surface area contributed by atoms with Crippen molar-refractivity contribution in [3.63, 3.8) is 0 Å². The molecule has 2 heterocycles. The molecule has 1 aliphatic heterocycles. The van der Waals surface area contributed by atoms with Crippen LogP contribution in [-0.2, 0) is 14.3 Å².